The third kappa shape index (κ3) is 8.76. The van der Waals surface area contributed by atoms with E-state index in [2.05, 4.69) is 87.4 Å². The molecule has 2 heteroatoms. The van der Waals surface area contributed by atoms with E-state index in [1.54, 1.807) is 0 Å². The lowest BCUT2D eigenvalue weighted by Gasteiger charge is -2.08. The smallest absolute Gasteiger partial charge is 0.0871 e. The summed E-state index contributed by atoms with van der Waals surface area (Å²) in [4.78, 5) is 0. The van der Waals surface area contributed by atoms with Crippen LogP contribution in [0.15, 0.2) is 84.9 Å². The van der Waals surface area contributed by atoms with Gasteiger partial charge in [-0.2, -0.15) is 0 Å². The van der Waals surface area contributed by atoms with Gasteiger partial charge >= 0.3 is 0 Å². The molecule has 0 spiro atoms. The Balaban J connectivity index is 0.000000948. The number of rotatable bonds is 4. The second-order valence-corrected chi connectivity index (χ2v) is 4.74. The first kappa shape index (κ1) is 23.8. The number of benzene rings is 3. The highest BCUT2D eigenvalue weighted by molar-refractivity contribution is 6.78. The Labute approximate surface area is 163 Å². The zero-order chi connectivity index (χ0) is 19.6. The average molecular weight is 342 g/mol. The molecule has 134 valence electrons. The van der Waals surface area contributed by atoms with Crippen LogP contribution in [0.4, 0.5) is 0 Å². The summed E-state index contributed by atoms with van der Waals surface area (Å²) in [5.74, 6) is 0. The minimum atomic E-state index is 1.22. The molecule has 0 aromatic heterocycles. The minimum Gasteiger partial charge on any atom is -0.0871 e. The first-order chi connectivity index (χ1) is 12.9. The van der Waals surface area contributed by atoms with E-state index in [1.165, 1.54) is 21.9 Å². The lowest BCUT2D eigenvalue weighted by Crippen LogP contribution is -2.44. The van der Waals surface area contributed by atoms with Gasteiger partial charge in [0.1, 0.15) is 0 Å². The molecule has 2 radical (unpaired) electrons. The first-order valence-corrected chi connectivity index (χ1v) is 9.80. The van der Waals surface area contributed by atoms with Crippen molar-refractivity contribution in [2.45, 2.75) is 41.5 Å². The summed E-state index contributed by atoms with van der Waals surface area (Å²) in [6.45, 7) is 12.0. The predicted octanol–water partition coefficient (Wildman–Crippen LogP) is 4.08. The van der Waals surface area contributed by atoms with Crippen molar-refractivity contribution >= 4 is 36.4 Å². The van der Waals surface area contributed by atoms with Gasteiger partial charge in [-0.05, 0) is 0 Å². The molecule has 3 aromatic carbocycles. The Bertz CT molecular complexity index is 604. The Morgan fingerprint density at radius 2 is 0.654 bits per heavy atom. The molecular formula is C24H32B2. The van der Waals surface area contributed by atoms with Crippen LogP contribution < -0.4 is 21.9 Å². The van der Waals surface area contributed by atoms with Gasteiger partial charge in [-0.3, -0.25) is 0 Å². The van der Waals surface area contributed by atoms with E-state index in [4.69, 9.17) is 0 Å². The quantitative estimate of drug-likeness (QED) is 0.627. The highest BCUT2D eigenvalue weighted by atomic mass is 13.9. The van der Waals surface area contributed by atoms with Gasteiger partial charge in [0, 0.05) is 0 Å². The fraction of sp³-hybridized carbons (Fsp3) is 0.250. The normalized spacial score (nSPS) is 8.38. The Hall–Kier alpha value is -2.21. The maximum Gasteiger partial charge on any atom is 0.190 e. The van der Waals surface area contributed by atoms with Crippen molar-refractivity contribution in [3.05, 3.63) is 84.9 Å². The summed E-state index contributed by atoms with van der Waals surface area (Å²) in [6, 6.07) is 29.3. The monoisotopic (exact) mass is 342 g/mol. The van der Waals surface area contributed by atoms with E-state index in [9.17, 15) is 0 Å². The van der Waals surface area contributed by atoms with Gasteiger partial charge in [-0.25, -0.2) is 0 Å². The Morgan fingerprint density at radius 3 is 0.962 bits per heavy atom. The number of hydrogen-bond acceptors (Lipinski definition) is 0. The van der Waals surface area contributed by atoms with Crippen molar-refractivity contribution in [2.75, 3.05) is 0 Å². The van der Waals surface area contributed by atoms with Crippen LogP contribution in [-0.2, 0) is 0 Å². The summed E-state index contributed by atoms with van der Waals surface area (Å²) >= 11 is 0. The maximum absolute atomic E-state index is 2.22. The van der Waals surface area contributed by atoms with Crippen LogP contribution in [0.25, 0.3) is 0 Å². The molecule has 0 amide bonds. The molecule has 0 saturated heterocycles. The van der Waals surface area contributed by atoms with Crippen LogP contribution in [0.1, 0.15) is 41.5 Å². The molecular weight excluding hydrogens is 310 g/mol. The second kappa shape index (κ2) is 16.3. The lowest BCUT2D eigenvalue weighted by atomic mass is 9.53. The van der Waals surface area contributed by atoms with E-state index in [1.807, 2.05) is 53.7 Å². The molecule has 0 bridgehead atoms. The van der Waals surface area contributed by atoms with Gasteiger partial charge in [0.05, 0.1) is 0 Å². The van der Waals surface area contributed by atoms with Gasteiger partial charge in [0.2, 0.25) is 0 Å². The van der Waals surface area contributed by atoms with Gasteiger partial charge < -0.3 is 0 Å². The van der Waals surface area contributed by atoms with Crippen LogP contribution in [-0.4, -0.2) is 14.6 Å². The third-order valence-electron chi connectivity index (χ3n) is 3.24. The van der Waals surface area contributed by atoms with E-state index >= 15 is 0 Å². The van der Waals surface area contributed by atoms with Gasteiger partial charge in [0.15, 0.2) is 14.6 Å². The van der Waals surface area contributed by atoms with E-state index in [0.717, 1.165) is 0 Å². The van der Waals surface area contributed by atoms with Crippen molar-refractivity contribution in [2.24, 2.45) is 0 Å². The predicted molar refractivity (Wildman–Crippen MR) is 123 cm³/mol. The van der Waals surface area contributed by atoms with Gasteiger partial charge in [-0.1, -0.05) is 148 Å². The molecule has 0 N–H and O–H groups in total. The summed E-state index contributed by atoms with van der Waals surface area (Å²) < 4.78 is 0. The highest BCUT2D eigenvalue weighted by Gasteiger charge is 2.06. The van der Waals surface area contributed by atoms with Crippen LogP contribution in [0.2, 0.25) is 0 Å². The molecule has 0 aliphatic rings. The molecule has 0 atom stereocenters. The molecule has 3 aromatic rings. The molecule has 0 aliphatic carbocycles. The van der Waals surface area contributed by atoms with Gasteiger partial charge in [0.25, 0.3) is 0 Å². The summed E-state index contributed by atoms with van der Waals surface area (Å²) in [5.41, 5.74) is 4.92. The number of hydrogen-bond donors (Lipinski definition) is 0. The highest BCUT2D eigenvalue weighted by Crippen LogP contribution is 1.86. The molecule has 0 saturated carbocycles. The first-order valence-electron chi connectivity index (χ1n) is 9.80. The van der Waals surface area contributed by atoms with Crippen molar-refractivity contribution < 1.29 is 0 Å². The summed E-state index contributed by atoms with van der Waals surface area (Å²) in [7, 11) is 4.43. The molecule has 3 rings (SSSR count). The van der Waals surface area contributed by atoms with E-state index < -0.39 is 0 Å². The van der Waals surface area contributed by atoms with E-state index in [0.29, 0.717) is 0 Å². The van der Waals surface area contributed by atoms with Crippen molar-refractivity contribution in [3.8, 4) is 0 Å². The SMILES string of the molecule is CC.CC.CC.[B](c1ccccc1)c1ccccc1[B]c1ccccc1. The Morgan fingerprint density at radius 1 is 0.385 bits per heavy atom. The molecule has 0 unspecified atom stereocenters. The minimum absolute atomic E-state index is 1.22. The summed E-state index contributed by atoms with van der Waals surface area (Å²) in [5, 5.41) is 0. The fourth-order valence-corrected chi connectivity index (χ4v) is 2.23. The summed E-state index contributed by atoms with van der Waals surface area (Å²) in [6.07, 6.45) is 0. The van der Waals surface area contributed by atoms with Crippen LogP contribution in [0, 0.1) is 0 Å². The standard InChI is InChI=1S/C18H14B2.3C2H6/c1-3-9-15(10-4-1)19-17-13-7-8-14-18(17)20-16-11-5-2-6-12-16;3*1-2/h1-14H;3*1-2H3. The lowest BCUT2D eigenvalue weighted by molar-refractivity contribution is 1.50. The van der Waals surface area contributed by atoms with Crippen LogP contribution in [0.5, 0.6) is 0 Å². The third-order valence-corrected chi connectivity index (χ3v) is 3.24. The molecule has 0 fully saturated rings. The second-order valence-electron chi connectivity index (χ2n) is 4.74. The van der Waals surface area contributed by atoms with Crippen LogP contribution >= 0.6 is 0 Å². The van der Waals surface area contributed by atoms with Crippen molar-refractivity contribution in [1.29, 1.82) is 0 Å². The molecule has 0 aliphatic heterocycles. The molecule has 0 nitrogen and oxygen atoms in total. The molecule has 26 heavy (non-hydrogen) atoms. The van der Waals surface area contributed by atoms with Gasteiger partial charge in [-0.15, -0.1) is 0 Å². The fourth-order valence-electron chi connectivity index (χ4n) is 2.23. The van der Waals surface area contributed by atoms with Crippen molar-refractivity contribution in [1.82, 2.24) is 0 Å². The average Bonchev–Trinajstić information content (AvgIpc) is 2.75. The largest absolute Gasteiger partial charge is 0.190 e. The maximum atomic E-state index is 2.22. The Kier molecular flexibility index (Phi) is 14.9. The zero-order valence-corrected chi connectivity index (χ0v) is 17.2. The van der Waals surface area contributed by atoms with E-state index in [-0.39, 0.29) is 0 Å². The topological polar surface area (TPSA) is 0 Å². The van der Waals surface area contributed by atoms with Crippen LogP contribution in [0.3, 0.4) is 0 Å². The van der Waals surface area contributed by atoms with Crippen molar-refractivity contribution in [3.63, 3.8) is 0 Å². The zero-order valence-electron chi connectivity index (χ0n) is 17.2. The molecule has 0 heterocycles.